The molecule has 0 bridgehead atoms. The van der Waals surface area contributed by atoms with Crippen LogP contribution in [0, 0.1) is 0 Å². The van der Waals surface area contributed by atoms with Gasteiger partial charge in [-0.15, -0.1) is 0 Å². The number of unbranched alkanes of at least 4 members (excludes halogenated alkanes) is 6. The molecule has 0 saturated carbocycles. The molecule has 0 aliphatic carbocycles. The molecule has 0 aromatic carbocycles. The van der Waals surface area contributed by atoms with Crippen molar-refractivity contribution in [2.24, 2.45) is 0 Å². The number of ether oxygens (including phenoxy) is 1. The number of amides is 1. The molecule has 0 aliphatic rings. The summed E-state index contributed by atoms with van der Waals surface area (Å²) < 4.78 is 4.92. The van der Waals surface area contributed by atoms with Crippen molar-refractivity contribution in [1.82, 2.24) is 5.32 Å². The van der Waals surface area contributed by atoms with Gasteiger partial charge in [0.05, 0.1) is 0 Å². The summed E-state index contributed by atoms with van der Waals surface area (Å²) in [6.45, 7) is 3.69. The molecule has 3 heteroatoms. The van der Waals surface area contributed by atoms with Gasteiger partial charge in [0.25, 0.3) is 0 Å². The maximum atomic E-state index is 11.4. The highest BCUT2D eigenvalue weighted by Crippen LogP contribution is 2.08. The fraction of sp³-hybridized carbons (Fsp3) is 0.929. The van der Waals surface area contributed by atoms with Gasteiger partial charge in [-0.05, 0) is 12.8 Å². The minimum Gasteiger partial charge on any atom is -0.385 e. The molecule has 0 saturated heterocycles. The van der Waals surface area contributed by atoms with E-state index in [9.17, 15) is 4.79 Å². The van der Waals surface area contributed by atoms with Crippen LogP contribution in [0.1, 0.15) is 64.7 Å². The van der Waals surface area contributed by atoms with Crippen molar-refractivity contribution in [1.29, 1.82) is 0 Å². The van der Waals surface area contributed by atoms with Crippen molar-refractivity contribution in [3.63, 3.8) is 0 Å². The minimum atomic E-state index is 0.190. The first-order valence-electron chi connectivity index (χ1n) is 7.07. The van der Waals surface area contributed by atoms with Crippen LogP contribution in [0.15, 0.2) is 0 Å². The molecule has 17 heavy (non-hydrogen) atoms. The van der Waals surface area contributed by atoms with E-state index < -0.39 is 0 Å². The van der Waals surface area contributed by atoms with E-state index in [-0.39, 0.29) is 5.91 Å². The summed E-state index contributed by atoms with van der Waals surface area (Å²) in [6, 6.07) is 0. The second-order valence-corrected chi connectivity index (χ2v) is 4.57. The molecule has 0 aliphatic heterocycles. The molecule has 0 fully saturated rings. The zero-order valence-corrected chi connectivity index (χ0v) is 11.6. The third kappa shape index (κ3) is 13.4. The predicted octanol–water partition coefficient (Wildman–Crippen LogP) is 3.28. The summed E-state index contributed by atoms with van der Waals surface area (Å²) >= 11 is 0. The number of rotatable bonds is 12. The van der Waals surface area contributed by atoms with Crippen molar-refractivity contribution < 1.29 is 9.53 Å². The smallest absolute Gasteiger partial charge is 0.219 e. The van der Waals surface area contributed by atoms with E-state index in [1.165, 1.54) is 38.5 Å². The first-order valence-corrected chi connectivity index (χ1v) is 7.07. The molecule has 0 spiro atoms. The molecule has 0 heterocycles. The van der Waals surface area contributed by atoms with E-state index in [1.807, 2.05) is 0 Å². The highest BCUT2D eigenvalue weighted by molar-refractivity contribution is 5.75. The second-order valence-electron chi connectivity index (χ2n) is 4.57. The minimum absolute atomic E-state index is 0.190. The lowest BCUT2D eigenvalue weighted by molar-refractivity contribution is -0.121. The van der Waals surface area contributed by atoms with Gasteiger partial charge in [-0.1, -0.05) is 45.4 Å². The average molecular weight is 243 g/mol. The number of methoxy groups -OCH3 is 1. The number of hydrogen-bond donors (Lipinski definition) is 1. The SMILES string of the molecule is CCCCCCCCCC(=O)NCCCOC. The van der Waals surface area contributed by atoms with Crippen LogP contribution in [0.2, 0.25) is 0 Å². The molecule has 1 N–H and O–H groups in total. The monoisotopic (exact) mass is 243 g/mol. The molecule has 0 radical (unpaired) electrons. The third-order valence-electron chi connectivity index (χ3n) is 2.85. The first kappa shape index (κ1) is 16.4. The Labute approximate surface area is 106 Å². The Bertz CT molecular complexity index is 172. The maximum absolute atomic E-state index is 11.4. The Hall–Kier alpha value is -0.570. The Morgan fingerprint density at radius 3 is 2.29 bits per heavy atom. The lowest BCUT2D eigenvalue weighted by atomic mass is 10.1. The van der Waals surface area contributed by atoms with Crippen LogP contribution in [0.25, 0.3) is 0 Å². The van der Waals surface area contributed by atoms with Crippen LogP contribution < -0.4 is 5.32 Å². The summed E-state index contributed by atoms with van der Waals surface area (Å²) in [5, 5.41) is 2.91. The van der Waals surface area contributed by atoms with Gasteiger partial charge in [-0.3, -0.25) is 4.79 Å². The average Bonchev–Trinajstić information content (AvgIpc) is 2.33. The van der Waals surface area contributed by atoms with Crippen LogP contribution in [0.5, 0.6) is 0 Å². The lowest BCUT2D eigenvalue weighted by Crippen LogP contribution is -2.24. The molecule has 0 atom stereocenters. The Kier molecular flexibility index (Phi) is 13.0. The zero-order valence-electron chi connectivity index (χ0n) is 11.6. The fourth-order valence-corrected chi connectivity index (χ4v) is 1.78. The van der Waals surface area contributed by atoms with Gasteiger partial charge in [-0.25, -0.2) is 0 Å². The molecule has 0 aromatic rings. The predicted molar refractivity (Wildman–Crippen MR) is 72.1 cm³/mol. The standard InChI is InChI=1S/C14H29NO2/c1-3-4-5-6-7-8-9-11-14(16)15-12-10-13-17-2/h3-13H2,1-2H3,(H,15,16). The van der Waals surface area contributed by atoms with Crippen molar-refractivity contribution in [2.75, 3.05) is 20.3 Å². The lowest BCUT2D eigenvalue weighted by Gasteiger charge is -2.04. The molecule has 0 aromatic heterocycles. The summed E-state index contributed by atoms with van der Waals surface area (Å²) in [5.41, 5.74) is 0. The van der Waals surface area contributed by atoms with Gasteiger partial charge in [-0.2, -0.15) is 0 Å². The van der Waals surface area contributed by atoms with Crippen molar-refractivity contribution in [3.8, 4) is 0 Å². The largest absolute Gasteiger partial charge is 0.385 e. The van der Waals surface area contributed by atoms with Crippen LogP contribution in [0.3, 0.4) is 0 Å². The fourth-order valence-electron chi connectivity index (χ4n) is 1.78. The van der Waals surface area contributed by atoms with E-state index in [0.29, 0.717) is 6.42 Å². The van der Waals surface area contributed by atoms with Crippen LogP contribution in [-0.2, 0) is 9.53 Å². The third-order valence-corrected chi connectivity index (χ3v) is 2.85. The van der Waals surface area contributed by atoms with Crippen molar-refractivity contribution >= 4 is 5.91 Å². The highest BCUT2D eigenvalue weighted by Gasteiger charge is 1.99. The number of hydrogen-bond acceptors (Lipinski definition) is 2. The van der Waals surface area contributed by atoms with Crippen molar-refractivity contribution in [2.45, 2.75) is 64.7 Å². The highest BCUT2D eigenvalue weighted by atomic mass is 16.5. The van der Waals surface area contributed by atoms with Crippen LogP contribution >= 0.6 is 0 Å². The number of carbonyl (C=O) groups excluding carboxylic acids is 1. The second kappa shape index (κ2) is 13.5. The van der Waals surface area contributed by atoms with E-state index in [1.54, 1.807) is 7.11 Å². The zero-order chi connectivity index (χ0) is 12.8. The number of carbonyl (C=O) groups is 1. The van der Waals surface area contributed by atoms with Gasteiger partial charge < -0.3 is 10.1 Å². The molecule has 0 unspecified atom stereocenters. The Balaban J connectivity index is 3.11. The summed E-state index contributed by atoms with van der Waals surface area (Å²) in [4.78, 5) is 11.4. The van der Waals surface area contributed by atoms with E-state index in [2.05, 4.69) is 12.2 Å². The molecule has 0 rings (SSSR count). The van der Waals surface area contributed by atoms with Gasteiger partial charge in [0.15, 0.2) is 0 Å². The molecular formula is C14H29NO2. The quantitative estimate of drug-likeness (QED) is 0.534. The Morgan fingerprint density at radius 2 is 1.65 bits per heavy atom. The summed E-state index contributed by atoms with van der Waals surface area (Å²) in [7, 11) is 1.68. The van der Waals surface area contributed by atoms with Crippen LogP contribution in [0.4, 0.5) is 0 Å². The summed E-state index contributed by atoms with van der Waals surface area (Å²) in [5.74, 6) is 0.190. The topological polar surface area (TPSA) is 38.3 Å². The summed E-state index contributed by atoms with van der Waals surface area (Å²) in [6.07, 6.45) is 10.4. The Morgan fingerprint density at radius 1 is 1.00 bits per heavy atom. The molecule has 3 nitrogen and oxygen atoms in total. The van der Waals surface area contributed by atoms with Crippen molar-refractivity contribution in [3.05, 3.63) is 0 Å². The van der Waals surface area contributed by atoms with Gasteiger partial charge in [0, 0.05) is 26.7 Å². The molecule has 1 amide bonds. The normalized spacial score (nSPS) is 10.5. The van der Waals surface area contributed by atoms with E-state index >= 15 is 0 Å². The van der Waals surface area contributed by atoms with Crippen LogP contribution in [-0.4, -0.2) is 26.2 Å². The van der Waals surface area contributed by atoms with Gasteiger partial charge in [0.1, 0.15) is 0 Å². The first-order chi connectivity index (χ1) is 8.31. The number of nitrogens with one attached hydrogen (secondary N) is 1. The van der Waals surface area contributed by atoms with E-state index in [4.69, 9.17) is 4.74 Å². The maximum Gasteiger partial charge on any atom is 0.219 e. The molecular weight excluding hydrogens is 214 g/mol. The van der Waals surface area contributed by atoms with E-state index in [0.717, 1.165) is 26.0 Å². The van der Waals surface area contributed by atoms with Gasteiger partial charge in [0.2, 0.25) is 5.91 Å². The van der Waals surface area contributed by atoms with Gasteiger partial charge >= 0.3 is 0 Å². The molecule has 102 valence electrons.